The molecule has 0 aliphatic rings. The summed E-state index contributed by atoms with van der Waals surface area (Å²) in [4.78, 5) is 16.2. The van der Waals surface area contributed by atoms with E-state index in [0.717, 1.165) is 22.6 Å². The van der Waals surface area contributed by atoms with Crippen molar-refractivity contribution in [3.05, 3.63) is 32.6 Å². The van der Waals surface area contributed by atoms with Crippen LogP contribution in [-0.4, -0.2) is 24.5 Å². The molecule has 0 saturated heterocycles. The number of carboxylic acids is 1. The molecule has 2 aromatic heterocycles. The van der Waals surface area contributed by atoms with E-state index in [1.165, 1.54) is 17.4 Å². The molecule has 2 aromatic rings. The van der Waals surface area contributed by atoms with Gasteiger partial charge in [0.25, 0.3) is 0 Å². The molecule has 0 spiro atoms. The molecule has 21 heavy (non-hydrogen) atoms. The maximum atomic E-state index is 12.2. The molecule has 114 valence electrons. The molecule has 9 heteroatoms. The molecule has 0 amide bonds. The lowest BCUT2D eigenvalue weighted by Crippen LogP contribution is -2.22. The van der Waals surface area contributed by atoms with Gasteiger partial charge in [-0.05, 0) is 25.0 Å². The molecule has 0 aliphatic carbocycles. The summed E-state index contributed by atoms with van der Waals surface area (Å²) in [7, 11) is -3.72. The van der Waals surface area contributed by atoms with Crippen molar-refractivity contribution in [3.63, 3.8) is 0 Å². The zero-order valence-electron chi connectivity index (χ0n) is 11.4. The standard InChI is InChI=1S/C12H14N2O4S3/c1-3-8-5-13-9(19-8)6-14-21(17,18)10-4-7(2)11(20-10)12(15)16/h4-5,14H,3,6H2,1-2H3,(H,15,16). The summed E-state index contributed by atoms with van der Waals surface area (Å²) < 4.78 is 26.8. The molecule has 2 N–H and O–H groups in total. The minimum atomic E-state index is -3.72. The van der Waals surface area contributed by atoms with Crippen molar-refractivity contribution < 1.29 is 18.3 Å². The molecule has 0 saturated carbocycles. The number of aromatic nitrogens is 1. The van der Waals surface area contributed by atoms with E-state index >= 15 is 0 Å². The van der Waals surface area contributed by atoms with Crippen molar-refractivity contribution in [2.75, 3.05) is 0 Å². The number of thiophene rings is 1. The SMILES string of the molecule is CCc1cnc(CNS(=O)(=O)c2cc(C)c(C(=O)O)s2)s1. The van der Waals surface area contributed by atoms with Gasteiger partial charge in [0.05, 0.1) is 6.54 Å². The van der Waals surface area contributed by atoms with Gasteiger partial charge >= 0.3 is 5.97 Å². The maximum absolute atomic E-state index is 12.2. The fraction of sp³-hybridized carbons (Fsp3) is 0.333. The van der Waals surface area contributed by atoms with Crippen molar-refractivity contribution in [1.29, 1.82) is 0 Å². The molecule has 0 unspecified atom stereocenters. The summed E-state index contributed by atoms with van der Waals surface area (Å²) in [6.07, 6.45) is 2.59. The average Bonchev–Trinajstić information content (AvgIpc) is 3.02. The highest BCUT2D eigenvalue weighted by Crippen LogP contribution is 2.26. The van der Waals surface area contributed by atoms with Gasteiger partial charge in [0.1, 0.15) is 14.1 Å². The molecule has 2 rings (SSSR count). The summed E-state index contributed by atoms with van der Waals surface area (Å²) in [5.41, 5.74) is 0.440. The molecule has 0 fully saturated rings. The second kappa shape index (κ2) is 6.22. The van der Waals surface area contributed by atoms with Gasteiger partial charge in [-0.25, -0.2) is 22.9 Å². The number of nitrogens with one attached hydrogen (secondary N) is 1. The Labute approximate surface area is 130 Å². The molecule has 0 radical (unpaired) electrons. The summed E-state index contributed by atoms with van der Waals surface area (Å²) in [5, 5.41) is 9.65. The zero-order chi connectivity index (χ0) is 15.6. The van der Waals surface area contributed by atoms with E-state index in [9.17, 15) is 13.2 Å². The van der Waals surface area contributed by atoms with Gasteiger partial charge in [-0.1, -0.05) is 6.92 Å². The lowest BCUT2D eigenvalue weighted by atomic mass is 10.3. The normalized spacial score (nSPS) is 11.7. The Morgan fingerprint density at radius 1 is 1.43 bits per heavy atom. The summed E-state index contributed by atoms with van der Waals surface area (Å²) in [6, 6.07) is 1.37. The predicted octanol–water partition coefficient (Wildman–Crippen LogP) is 2.25. The smallest absolute Gasteiger partial charge is 0.346 e. The molecule has 2 heterocycles. The number of rotatable bonds is 6. The van der Waals surface area contributed by atoms with Crippen molar-refractivity contribution in [2.45, 2.75) is 31.0 Å². The first-order chi connectivity index (χ1) is 9.83. The number of sulfonamides is 1. The summed E-state index contributed by atoms with van der Waals surface area (Å²) >= 11 is 2.21. The minimum Gasteiger partial charge on any atom is -0.477 e. The Morgan fingerprint density at radius 2 is 2.14 bits per heavy atom. The number of hydrogen-bond acceptors (Lipinski definition) is 6. The van der Waals surface area contributed by atoms with Crippen molar-refractivity contribution in [3.8, 4) is 0 Å². The van der Waals surface area contributed by atoms with Crippen LogP contribution in [0.4, 0.5) is 0 Å². The molecule has 0 atom stereocenters. The predicted molar refractivity (Wildman–Crippen MR) is 81.5 cm³/mol. The number of aromatic carboxylic acids is 1. The van der Waals surface area contributed by atoms with E-state index in [1.54, 1.807) is 13.1 Å². The van der Waals surface area contributed by atoms with E-state index in [2.05, 4.69) is 9.71 Å². The van der Waals surface area contributed by atoms with Crippen LogP contribution in [0.15, 0.2) is 16.5 Å². The van der Waals surface area contributed by atoms with E-state index in [1.807, 2.05) is 6.92 Å². The van der Waals surface area contributed by atoms with Crippen molar-refractivity contribution in [1.82, 2.24) is 9.71 Å². The van der Waals surface area contributed by atoms with E-state index in [0.29, 0.717) is 10.6 Å². The first kappa shape index (κ1) is 16.1. The summed E-state index contributed by atoms with van der Waals surface area (Å²) in [6.45, 7) is 3.68. The number of carboxylic acid groups (broad SMARTS) is 1. The largest absolute Gasteiger partial charge is 0.477 e. The Hall–Kier alpha value is -1.29. The Morgan fingerprint density at radius 3 is 2.67 bits per heavy atom. The van der Waals surface area contributed by atoms with Crippen molar-refractivity contribution in [2.24, 2.45) is 0 Å². The molecular weight excluding hydrogens is 332 g/mol. The highest BCUT2D eigenvalue weighted by molar-refractivity contribution is 7.91. The Kier molecular flexibility index (Phi) is 4.77. The van der Waals surface area contributed by atoms with E-state index in [-0.39, 0.29) is 15.6 Å². The highest BCUT2D eigenvalue weighted by atomic mass is 32.2. The van der Waals surface area contributed by atoms with Gasteiger partial charge in [-0.15, -0.1) is 22.7 Å². The van der Waals surface area contributed by atoms with Crippen LogP contribution < -0.4 is 4.72 Å². The fourth-order valence-corrected chi connectivity index (χ4v) is 4.92. The van der Waals surface area contributed by atoms with Crippen LogP contribution >= 0.6 is 22.7 Å². The Balaban J connectivity index is 2.14. The van der Waals surface area contributed by atoms with Gasteiger partial charge < -0.3 is 5.11 Å². The fourth-order valence-electron chi connectivity index (χ4n) is 1.62. The van der Waals surface area contributed by atoms with Crippen LogP contribution in [0.2, 0.25) is 0 Å². The topological polar surface area (TPSA) is 96.4 Å². The van der Waals surface area contributed by atoms with Gasteiger partial charge in [-0.3, -0.25) is 0 Å². The Bertz CT molecular complexity index is 761. The summed E-state index contributed by atoms with van der Waals surface area (Å²) in [5.74, 6) is -1.12. The van der Waals surface area contributed by atoms with Crippen molar-refractivity contribution >= 4 is 38.7 Å². The average molecular weight is 346 g/mol. The van der Waals surface area contributed by atoms with E-state index in [4.69, 9.17) is 5.11 Å². The zero-order valence-corrected chi connectivity index (χ0v) is 13.9. The first-order valence-corrected chi connectivity index (χ1v) is 9.22. The number of hydrogen-bond donors (Lipinski definition) is 2. The van der Waals surface area contributed by atoms with Crippen LogP contribution in [0.3, 0.4) is 0 Å². The second-order valence-corrected chi connectivity index (χ2v) is 8.53. The van der Waals surface area contributed by atoms with Crippen LogP contribution in [0.1, 0.15) is 32.0 Å². The quantitative estimate of drug-likeness (QED) is 0.836. The third-order valence-corrected chi connectivity index (χ3v) is 6.96. The van der Waals surface area contributed by atoms with Gasteiger partial charge in [-0.2, -0.15) is 0 Å². The maximum Gasteiger partial charge on any atom is 0.346 e. The van der Waals surface area contributed by atoms with Gasteiger partial charge in [0.15, 0.2) is 0 Å². The monoisotopic (exact) mass is 346 g/mol. The lowest BCUT2D eigenvalue weighted by Gasteiger charge is -2.01. The number of carbonyl (C=O) groups is 1. The number of nitrogens with zero attached hydrogens (tertiary/aromatic N) is 1. The molecular formula is C12H14N2O4S3. The molecule has 0 aliphatic heterocycles. The third-order valence-electron chi connectivity index (χ3n) is 2.72. The highest BCUT2D eigenvalue weighted by Gasteiger charge is 2.21. The molecule has 6 nitrogen and oxygen atoms in total. The number of thiazole rings is 1. The number of aryl methyl sites for hydroxylation is 2. The van der Waals surface area contributed by atoms with Crippen LogP contribution in [0, 0.1) is 6.92 Å². The van der Waals surface area contributed by atoms with E-state index < -0.39 is 16.0 Å². The lowest BCUT2D eigenvalue weighted by molar-refractivity contribution is 0.0701. The second-order valence-electron chi connectivity index (χ2n) is 4.28. The molecule has 0 bridgehead atoms. The third kappa shape index (κ3) is 3.67. The van der Waals surface area contributed by atoms with Gasteiger partial charge in [0, 0.05) is 11.1 Å². The van der Waals surface area contributed by atoms with Crippen LogP contribution in [0.25, 0.3) is 0 Å². The minimum absolute atomic E-state index is 0.00433. The van der Waals surface area contributed by atoms with Gasteiger partial charge in [0.2, 0.25) is 10.0 Å². The molecule has 0 aromatic carbocycles. The van der Waals surface area contributed by atoms with Crippen LogP contribution in [-0.2, 0) is 23.0 Å². The van der Waals surface area contributed by atoms with Crippen LogP contribution in [0.5, 0.6) is 0 Å². The first-order valence-electron chi connectivity index (χ1n) is 6.10.